The zero-order chi connectivity index (χ0) is 39.1. The van der Waals surface area contributed by atoms with Gasteiger partial charge >= 0.3 is 0 Å². The molecule has 0 heterocycles. The molecule has 6 nitrogen and oxygen atoms in total. The van der Waals surface area contributed by atoms with Gasteiger partial charge in [0.05, 0.1) is 7.11 Å². The first-order valence-electron chi connectivity index (χ1n) is 18.0. The van der Waals surface area contributed by atoms with Crippen molar-refractivity contribution >= 4 is 45.1 Å². The van der Waals surface area contributed by atoms with Gasteiger partial charge in [0, 0.05) is 12.1 Å². The van der Waals surface area contributed by atoms with Crippen molar-refractivity contribution in [1.29, 1.82) is 0 Å². The molecule has 0 aliphatic carbocycles. The van der Waals surface area contributed by atoms with Gasteiger partial charge in [0.1, 0.15) is 28.6 Å². The van der Waals surface area contributed by atoms with Gasteiger partial charge in [0.2, 0.25) is 8.32 Å². The molecule has 0 aliphatic heterocycles. The Balaban J connectivity index is 2.86. The minimum absolute atomic E-state index is 0.0153. The molecule has 2 aromatic carbocycles. The van der Waals surface area contributed by atoms with Crippen LogP contribution in [-0.4, -0.2) is 46.2 Å². The Morgan fingerprint density at radius 1 is 0.520 bits per heavy atom. The Labute approximate surface area is 310 Å². The number of ketones is 1. The van der Waals surface area contributed by atoms with Crippen molar-refractivity contribution < 1.29 is 27.2 Å². The minimum atomic E-state index is -2.39. The second-order valence-electron chi connectivity index (χ2n) is 19.9. The van der Waals surface area contributed by atoms with E-state index in [1.54, 1.807) is 13.2 Å². The molecule has 0 atom stereocenters. The molecule has 2 aromatic rings. The normalized spacial score (nSPS) is 14.1. The number of carbonyl (C=O) groups excluding carboxylic acids is 1. The van der Waals surface area contributed by atoms with Crippen molar-refractivity contribution in [3.8, 4) is 28.7 Å². The van der Waals surface area contributed by atoms with E-state index >= 15 is 0 Å². The van der Waals surface area contributed by atoms with Crippen molar-refractivity contribution in [2.24, 2.45) is 0 Å². The first-order chi connectivity index (χ1) is 22.2. The van der Waals surface area contributed by atoms with Crippen molar-refractivity contribution in [3.63, 3.8) is 0 Å². The number of hydrogen-bond acceptors (Lipinski definition) is 6. The quantitative estimate of drug-likeness (QED) is 0.122. The number of methoxy groups -OCH3 is 1. The van der Waals surface area contributed by atoms with E-state index in [2.05, 4.69) is 135 Å². The lowest BCUT2D eigenvalue weighted by atomic mass is 10.1. The number of ether oxygens (including phenoxy) is 1. The summed E-state index contributed by atoms with van der Waals surface area (Å²) in [5.74, 6) is 2.90. The van der Waals surface area contributed by atoms with Crippen molar-refractivity contribution in [1.82, 2.24) is 0 Å². The van der Waals surface area contributed by atoms with E-state index in [1.165, 1.54) is 0 Å². The number of allylic oxidation sites excluding steroid dienone is 1. The van der Waals surface area contributed by atoms with Gasteiger partial charge < -0.3 is 22.4 Å². The fourth-order valence-corrected chi connectivity index (χ4v) is 7.95. The van der Waals surface area contributed by atoms with Gasteiger partial charge in [0.15, 0.2) is 11.5 Å². The van der Waals surface area contributed by atoms with E-state index in [4.69, 9.17) is 22.4 Å². The van der Waals surface area contributed by atoms with Gasteiger partial charge in [-0.1, -0.05) is 95.2 Å². The Morgan fingerprint density at radius 3 is 1.24 bits per heavy atom. The van der Waals surface area contributed by atoms with Gasteiger partial charge in [-0.05, 0) is 96.3 Å². The SMILES string of the molecule is COc1ccc(/C=C/C(=O)c2c(O[Si](C)(C)C(C)(C)C)cc(O[Si](C)(C)C(C)(C)C)cc2O[Si](C)(C)C(C)(C)C)cc1O[Si](C)(C)C(C)(C)C. The van der Waals surface area contributed by atoms with Crippen LogP contribution in [0.3, 0.4) is 0 Å². The molecule has 282 valence electrons. The molecule has 0 amide bonds. The summed E-state index contributed by atoms with van der Waals surface area (Å²) < 4.78 is 33.2. The highest BCUT2D eigenvalue weighted by Crippen LogP contribution is 2.47. The standard InChI is InChI=1S/C40H70O6Si4/c1-37(2,3)47(14,15)43-30-27-34(45-49(18,19)39(7,8)9)36(35(28-30)46-50(20,21)40(10,11)12)31(41)24-22-29-23-25-32(42-13)33(26-29)44-48(16,17)38(4,5)6/h22-28H,1-21H3/b24-22+. The Morgan fingerprint density at radius 2 is 0.880 bits per heavy atom. The fraction of sp³-hybridized carbons (Fsp3) is 0.625. The second kappa shape index (κ2) is 14.6. The number of hydrogen-bond donors (Lipinski definition) is 0. The first-order valence-corrected chi connectivity index (χ1v) is 29.6. The highest BCUT2D eigenvalue weighted by atomic mass is 28.4. The lowest BCUT2D eigenvalue weighted by Gasteiger charge is -2.40. The van der Waals surface area contributed by atoms with Gasteiger partial charge in [-0.3, -0.25) is 4.79 Å². The Kier molecular flexibility index (Phi) is 12.8. The van der Waals surface area contributed by atoms with Crippen LogP contribution >= 0.6 is 0 Å². The molecule has 0 saturated heterocycles. The zero-order valence-corrected chi connectivity index (χ0v) is 39.5. The molecule has 0 N–H and O–H groups in total. The van der Waals surface area contributed by atoms with Gasteiger partial charge in [-0.15, -0.1) is 0 Å². The van der Waals surface area contributed by atoms with Crippen molar-refractivity contribution in [2.45, 2.75) is 156 Å². The zero-order valence-electron chi connectivity index (χ0n) is 35.5. The summed E-state index contributed by atoms with van der Waals surface area (Å²) in [4.78, 5) is 14.6. The largest absolute Gasteiger partial charge is 0.543 e. The maximum atomic E-state index is 14.6. The first kappa shape index (κ1) is 43.9. The minimum Gasteiger partial charge on any atom is -0.543 e. The molecule has 0 spiro atoms. The van der Waals surface area contributed by atoms with E-state index in [9.17, 15) is 4.79 Å². The molecular weight excluding hydrogens is 689 g/mol. The van der Waals surface area contributed by atoms with Crippen LogP contribution in [0.5, 0.6) is 28.7 Å². The van der Waals surface area contributed by atoms with Gasteiger partial charge in [-0.25, -0.2) is 0 Å². The molecule has 0 aromatic heterocycles. The number of rotatable bonds is 12. The molecule has 2 rings (SSSR count). The monoisotopic (exact) mass is 758 g/mol. The molecule has 10 heteroatoms. The van der Waals surface area contributed by atoms with Crippen LogP contribution in [0, 0.1) is 0 Å². The van der Waals surface area contributed by atoms with Crippen LogP contribution in [0.2, 0.25) is 72.5 Å². The van der Waals surface area contributed by atoms with Gasteiger partial charge in [-0.2, -0.15) is 0 Å². The molecule has 0 saturated carbocycles. The predicted molar refractivity (Wildman–Crippen MR) is 224 cm³/mol. The number of benzene rings is 2. The summed E-state index contributed by atoms with van der Waals surface area (Å²) in [7, 11) is -7.52. The van der Waals surface area contributed by atoms with Crippen LogP contribution in [0.4, 0.5) is 0 Å². The second-order valence-corrected chi connectivity index (χ2v) is 38.8. The lowest BCUT2D eigenvalue weighted by molar-refractivity contribution is 0.104. The highest BCUT2D eigenvalue weighted by Gasteiger charge is 2.44. The van der Waals surface area contributed by atoms with Crippen molar-refractivity contribution in [2.75, 3.05) is 7.11 Å². The maximum Gasteiger partial charge on any atom is 0.250 e. The van der Waals surface area contributed by atoms with Crippen molar-refractivity contribution in [3.05, 3.63) is 47.5 Å². The third-order valence-electron chi connectivity index (χ3n) is 11.6. The highest BCUT2D eigenvalue weighted by molar-refractivity contribution is 6.76. The number of carbonyl (C=O) groups is 1. The molecule has 0 unspecified atom stereocenters. The molecular formula is C40H70O6Si4. The lowest BCUT2D eigenvalue weighted by Crippen LogP contribution is -2.45. The van der Waals surface area contributed by atoms with E-state index in [1.807, 2.05) is 36.4 Å². The molecule has 0 bridgehead atoms. The van der Waals surface area contributed by atoms with E-state index < -0.39 is 33.3 Å². The average Bonchev–Trinajstić information content (AvgIpc) is 2.88. The molecule has 0 fully saturated rings. The van der Waals surface area contributed by atoms with E-state index in [0.717, 1.165) is 5.56 Å². The molecule has 0 radical (unpaired) electrons. The van der Waals surface area contributed by atoms with Crippen LogP contribution in [0.15, 0.2) is 36.4 Å². The van der Waals surface area contributed by atoms with Crippen LogP contribution in [0.1, 0.15) is 99.0 Å². The predicted octanol–water partition coefficient (Wildman–Crippen LogP) is 13.1. The summed E-state index contributed by atoms with van der Waals surface area (Å²) in [5.41, 5.74) is 1.27. The summed E-state index contributed by atoms with van der Waals surface area (Å²) in [6.45, 7) is 44.2. The third kappa shape index (κ3) is 10.4. The molecule has 0 aliphatic rings. The van der Waals surface area contributed by atoms with E-state index in [0.29, 0.717) is 34.3 Å². The van der Waals surface area contributed by atoms with E-state index in [-0.39, 0.29) is 25.9 Å². The van der Waals surface area contributed by atoms with Gasteiger partial charge in [0.25, 0.3) is 25.0 Å². The Hall–Kier alpha value is -2.28. The smallest absolute Gasteiger partial charge is 0.250 e. The summed E-state index contributed by atoms with van der Waals surface area (Å²) in [6, 6.07) is 9.66. The summed E-state index contributed by atoms with van der Waals surface area (Å²) >= 11 is 0. The fourth-order valence-electron chi connectivity index (χ4n) is 3.89. The Bertz CT molecular complexity index is 1500. The average molecular weight is 759 g/mol. The van der Waals surface area contributed by atoms with Crippen LogP contribution < -0.4 is 22.4 Å². The van der Waals surface area contributed by atoms with Crippen LogP contribution in [0.25, 0.3) is 6.08 Å². The molecule has 50 heavy (non-hydrogen) atoms. The third-order valence-corrected chi connectivity index (χ3v) is 29.0. The topological polar surface area (TPSA) is 63.2 Å². The maximum absolute atomic E-state index is 14.6. The van der Waals surface area contributed by atoms with Crippen LogP contribution in [-0.2, 0) is 0 Å². The summed E-state index contributed by atoms with van der Waals surface area (Å²) in [6.07, 6.45) is 3.46. The summed E-state index contributed by atoms with van der Waals surface area (Å²) in [5, 5.41) is -0.189.